The molecule has 0 aliphatic heterocycles. The van der Waals surface area contributed by atoms with Gasteiger partial charge in [0.1, 0.15) is 6.04 Å². The average Bonchev–Trinajstić information content (AvgIpc) is 2.58. The van der Waals surface area contributed by atoms with Crippen LogP contribution in [0.25, 0.3) is 0 Å². The molecule has 1 atom stereocenters. The molecule has 0 saturated carbocycles. The molecule has 102 valence electrons. The third kappa shape index (κ3) is 3.40. The van der Waals surface area contributed by atoms with Crippen molar-refractivity contribution in [3.63, 3.8) is 0 Å². The largest absolute Gasteiger partial charge is 0.465 e. The molecule has 0 aromatic carbocycles. The zero-order valence-electron chi connectivity index (χ0n) is 10.1. The fraction of sp³-hybridized carbons (Fsp3) is 0.556. The molecule has 1 aromatic heterocycles. The number of H-pyrrole nitrogens is 1. The molecule has 0 spiro atoms. The molecular formula is C9H14N2O5S2. The van der Waals surface area contributed by atoms with Crippen LogP contribution in [0.1, 0.15) is 19.5 Å². The molecule has 9 heteroatoms. The van der Waals surface area contributed by atoms with E-state index in [2.05, 4.69) is 14.4 Å². The zero-order valence-corrected chi connectivity index (χ0v) is 11.8. The summed E-state index contributed by atoms with van der Waals surface area (Å²) in [6, 6.07) is -1.01. The highest BCUT2D eigenvalue weighted by Gasteiger charge is 2.26. The van der Waals surface area contributed by atoms with E-state index in [0.29, 0.717) is 11.3 Å². The van der Waals surface area contributed by atoms with Crippen molar-refractivity contribution in [2.75, 3.05) is 6.61 Å². The van der Waals surface area contributed by atoms with Gasteiger partial charge in [0.25, 0.3) is 10.0 Å². The Morgan fingerprint density at radius 3 is 2.61 bits per heavy atom. The lowest BCUT2D eigenvalue weighted by atomic mass is 10.4. The number of esters is 1. The van der Waals surface area contributed by atoms with E-state index >= 15 is 0 Å². The number of aromatic amines is 1. The quantitative estimate of drug-likeness (QED) is 0.742. The topological polar surface area (TPSA) is 105 Å². The summed E-state index contributed by atoms with van der Waals surface area (Å²) in [4.78, 5) is 24.3. The maximum atomic E-state index is 11.9. The Labute approximate surface area is 108 Å². The van der Waals surface area contributed by atoms with Crippen molar-refractivity contribution in [3.8, 4) is 0 Å². The minimum atomic E-state index is -3.90. The molecule has 1 heterocycles. The van der Waals surface area contributed by atoms with Crippen LogP contribution in [0.4, 0.5) is 0 Å². The van der Waals surface area contributed by atoms with Crippen molar-refractivity contribution < 1.29 is 17.9 Å². The van der Waals surface area contributed by atoms with Gasteiger partial charge < -0.3 is 9.72 Å². The number of rotatable bonds is 5. The smallest absolute Gasteiger partial charge is 0.323 e. The lowest BCUT2D eigenvalue weighted by Crippen LogP contribution is -2.39. The van der Waals surface area contributed by atoms with Gasteiger partial charge in [-0.25, -0.2) is 8.42 Å². The van der Waals surface area contributed by atoms with E-state index in [1.807, 2.05) is 0 Å². The van der Waals surface area contributed by atoms with Gasteiger partial charge in [-0.05, 0) is 20.8 Å². The fourth-order valence-electron chi connectivity index (χ4n) is 1.25. The highest BCUT2D eigenvalue weighted by atomic mass is 32.2. The minimum absolute atomic E-state index is 0.122. The van der Waals surface area contributed by atoms with E-state index in [0.717, 1.165) is 0 Å². The highest BCUT2D eigenvalue weighted by Crippen LogP contribution is 2.15. The van der Waals surface area contributed by atoms with E-state index in [-0.39, 0.29) is 16.5 Å². The molecule has 1 unspecified atom stereocenters. The van der Waals surface area contributed by atoms with Gasteiger partial charge in [0.15, 0.2) is 4.21 Å². The Morgan fingerprint density at radius 1 is 1.56 bits per heavy atom. The van der Waals surface area contributed by atoms with Gasteiger partial charge in [-0.2, -0.15) is 4.72 Å². The van der Waals surface area contributed by atoms with E-state index < -0.39 is 26.9 Å². The molecule has 0 amide bonds. The second-order valence-electron chi connectivity index (χ2n) is 3.52. The minimum Gasteiger partial charge on any atom is -0.465 e. The molecule has 0 aliphatic carbocycles. The number of carbonyl (C=O) groups excluding carboxylic acids is 1. The van der Waals surface area contributed by atoms with Gasteiger partial charge in [-0.3, -0.25) is 9.59 Å². The number of aryl methyl sites for hydroxylation is 1. The van der Waals surface area contributed by atoms with Crippen LogP contribution < -0.4 is 9.60 Å². The number of carbonyl (C=O) groups is 1. The lowest BCUT2D eigenvalue weighted by molar-refractivity contribution is -0.144. The molecule has 7 nitrogen and oxygen atoms in total. The third-order valence-corrected chi connectivity index (χ3v) is 5.14. The molecular weight excluding hydrogens is 280 g/mol. The SMILES string of the molecule is CCOC(=O)C(C)NS(=O)(=O)c1sc(=O)[nH]c1C. The van der Waals surface area contributed by atoms with Crippen LogP contribution in [0.5, 0.6) is 0 Å². The Morgan fingerprint density at radius 2 is 2.17 bits per heavy atom. The number of thiazole rings is 1. The molecule has 2 N–H and O–H groups in total. The van der Waals surface area contributed by atoms with E-state index in [4.69, 9.17) is 0 Å². The summed E-state index contributed by atoms with van der Waals surface area (Å²) in [7, 11) is -3.90. The molecule has 1 aromatic rings. The van der Waals surface area contributed by atoms with E-state index in [9.17, 15) is 18.0 Å². The molecule has 1 rings (SSSR count). The van der Waals surface area contributed by atoms with Crippen LogP contribution >= 0.6 is 11.3 Å². The summed E-state index contributed by atoms with van der Waals surface area (Å²) in [5.41, 5.74) is 0.244. The first-order valence-corrected chi connectivity index (χ1v) is 7.46. The van der Waals surface area contributed by atoms with Gasteiger partial charge in [0.05, 0.1) is 6.61 Å². The summed E-state index contributed by atoms with van der Waals surface area (Å²) >= 11 is 0.575. The second-order valence-corrected chi connectivity index (χ2v) is 6.41. The zero-order chi connectivity index (χ0) is 13.9. The predicted octanol–water partition coefficient (Wildman–Crippen LogP) is -0.0253. The number of hydrogen-bond donors (Lipinski definition) is 2. The second kappa shape index (κ2) is 5.63. The average molecular weight is 294 g/mol. The Balaban J connectivity index is 2.92. The summed E-state index contributed by atoms with van der Waals surface area (Å²) in [6.45, 7) is 4.64. The predicted molar refractivity (Wildman–Crippen MR) is 66.1 cm³/mol. The highest BCUT2D eigenvalue weighted by molar-refractivity contribution is 7.91. The Kier molecular flexibility index (Phi) is 4.65. The fourth-order valence-corrected chi connectivity index (χ4v) is 3.76. The van der Waals surface area contributed by atoms with Crippen molar-refractivity contribution >= 4 is 27.3 Å². The number of hydrogen-bond acceptors (Lipinski definition) is 6. The molecule has 18 heavy (non-hydrogen) atoms. The monoisotopic (exact) mass is 294 g/mol. The number of ether oxygens (including phenoxy) is 1. The first kappa shape index (κ1) is 14.9. The molecule has 0 aliphatic rings. The molecule has 0 bridgehead atoms. The standard InChI is InChI=1S/C9H14N2O5S2/c1-4-16-7(12)5(2)11-18(14,15)8-6(3)10-9(13)17-8/h5,11H,4H2,1-3H3,(H,10,13). The van der Waals surface area contributed by atoms with Crippen molar-refractivity contribution in [3.05, 3.63) is 15.4 Å². The van der Waals surface area contributed by atoms with E-state index in [1.165, 1.54) is 13.8 Å². The van der Waals surface area contributed by atoms with Gasteiger partial charge in [0, 0.05) is 5.69 Å². The first-order chi connectivity index (χ1) is 8.27. The van der Waals surface area contributed by atoms with Crippen LogP contribution in [0.3, 0.4) is 0 Å². The number of sulfonamides is 1. The maximum absolute atomic E-state index is 11.9. The first-order valence-electron chi connectivity index (χ1n) is 5.16. The van der Waals surface area contributed by atoms with Crippen LogP contribution in [0, 0.1) is 6.92 Å². The van der Waals surface area contributed by atoms with Crippen LogP contribution in [-0.4, -0.2) is 32.0 Å². The number of aromatic nitrogens is 1. The van der Waals surface area contributed by atoms with Crippen LogP contribution in [0.2, 0.25) is 0 Å². The Hall–Kier alpha value is -1.19. The normalized spacial score (nSPS) is 13.3. The van der Waals surface area contributed by atoms with Crippen molar-refractivity contribution in [1.82, 2.24) is 9.71 Å². The van der Waals surface area contributed by atoms with Gasteiger partial charge in [0.2, 0.25) is 0 Å². The summed E-state index contributed by atoms with van der Waals surface area (Å²) in [5.74, 6) is -0.665. The van der Waals surface area contributed by atoms with Crippen LogP contribution in [0.15, 0.2) is 9.00 Å². The summed E-state index contributed by atoms with van der Waals surface area (Å²) in [6.07, 6.45) is 0. The summed E-state index contributed by atoms with van der Waals surface area (Å²) in [5, 5.41) is 0. The van der Waals surface area contributed by atoms with Gasteiger partial charge >= 0.3 is 10.8 Å². The molecule has 0 saturated heterocycles. The lowest BCUT2D eigenvalue weighted by Gasteiger charge is -2.12. The van der Waals surface area contributed by atoms with Gasteiger partial charge in [-0.1, -0.05) is 11.3 Å². The van der Waals surface area contributed by atoms with E-state index in [1.54, 1.807) is 6.92 Å². The van der Waals surface area contributed by atoms with Crippen molar-refractivity contribution in [1.29, 1.82) is 0 Å². The number of nitrogens with one attached hydrogen (secondary N) is 2. The molecule has 0 fully saturated rings. The van der Waals surface area contributed by atoms with Gasteiger partial charge in [-0.15, -0.1) is 0 Å². The Bertz CT molecular complexity index is 586. The van der Waals surface area contributed by atoms with Crippen molar-refractivity contribution in [2.24, 2.45) is 0 Å². The molecule has 0 radical (unpaired) electrons. The third-order valence-electron chi connectivity index (χ3n) is 2.00. The van der Waals surface area contributed by atoms with Crippen LogP contribution in [-0.2, 0) is 19.6 Å². The summed E-state index contributed by atoms with van der Waals surface area (Å²) < 4.78 is 30.6. The maximum Gasteiger partial charge on any atom is 0.323 e. The van der Waals surface area contributed by atoms with Crippen molar-refractivity contribution in [2.45, 2.75) is 31.0 Å².